The summed E-state index contributed by atoms with van der Waals surface area (Å²) in [6.07, 6.45) is 2.78. The van der Waals surface area contributed by atoms with Crippen LogP contribution in [-0.2, 0) is 6.54 Å². The number of nitrogens with one attached hydrogen (secondary N) is 2. The molecule has 0 radical (unpaired) electrons. The van der Waals surface area contributed by atoms with Crippen molar-refractivity contribution in [3.8, 4) is 11.5 Å². The summed E-state index contributed by atoms with van der Waals surface area (Å²) in [7, 11) is 1.77. The zero-order chi connectivity index (χ0) is 21.5. The summed E-state index contributed by atoms with van der Waals surface area (Å²) in [4.78, 5) is 13.8. The minimum absolute atomic E-state index is 0. The highest BCUT2D eigenvalue weighted by Gasteiger charge is 2.17. The molecule has 0 spiro atoms. The molecule has 0 atom stereocenters. The summed E-state index contributed by atoms with van der Waals surface area (Å²) in [5.41, 5.74) is 2.08. The lowest BCUT2D eigenvalue weighted by atomic mass is 10.2. The second-order valence-corrected chi connectivity index (χ2v) is 7.71. The van der Waals surface area contributed by atoms with Gasteiger partial charge >= 0.3 is 0 Å². The molecule has 32 heavy (non-hydrogen) atoms. The van der Waals surface area contributed by atoms with E-state index in [1.807, 2.05) is 30.5 Å². The minimum Gasteiger partial charge on any atom is -0.490 e. The van der Waals surface area contributed by atoms with Crippen LogP contribution in [-0.4, -0.2) is 68.8 Å². The molecular formula is C23H33IN6O2. The number of halogens is 1. The highest BCUT2D eigenvalue weighted by atomic mass is 127. The van der Waals surface area contributed by atoms with Crippen molar-refractivity contribution in [1.29, 1.82) is 0 Å². The van der Waals surface area contributed by atoms with Gasteiger partial charge in [-0.3, -0.25) is 4.99 Å². The van der Waals surface area contributed by atoms with Crippen LogP contribution in [0.25, 0.3) is 0 Å². The summed E-state index contributed by atoms with van der Waals surface area (Å²) in [5, 5.41) is 6.72. The molecule has 0 saturated carbocycles. The number of ether oxygens (including phenoxy) is 2. The predicted molar refractivity (Wildman–Crippen MR) is 140 cm³/mol. The van der Waals surface area contributed by atoms with Crippen molar-refractivity contribution in [2.24, 2.45) is 4.99 Å². The molecule has 1 fully saturated rings. The van der Waals surface area contributed by atoms with Gasteiger partial charge in [0.1, 0.15) is 5.82 Å². The quantitative estimate of drug-likeness (QED) is 0.336. The predicted octanol–water partition coefficient (Wildman–Crippen LogP) is 3.19. The lowest BCUT2D eigenvalue weighted by Gasteiger charge is -2.34. The van der Waals surface area contributed by atoms with Gasteiger partial charge in [-0.05, 0) is 36.4 Å². The molecule has 1 aromatic heterocycles. The Hall–Kier alpha value is -2.27. The Morgan fingerprint density at radius 3 is 2.59 bits per heavy atom. The SMILES string of the molecule is CCN1CCN(c2cc(CNC(=NC)Nc3ccc4c(c3)OCCCO4)ccn2)CC1.I. The molecule has 1 aromatic carbocycles. The monoisotopic (exact) mass is 552 g/mol. The molecule has 4 rings (SSSR count). The van der Waals surface area contributed by atoms with Crippen LogP contribution in [0.5, 0.6) is 11.5 Å². The molecule has 8 nitrogen and oxygen atoms in total. The molecule has 2 aliphatic rings. The highest BCUT2D eigenvalue weighted by Crippen LogP contribution is 2.32. The van der Waals surface area contributed by atoms with E-state index >= 15 is 0 Å². The molecule has 3 heterocycles. The zero-order valence-corrected chi connectivity index (χ0v) is 21.2. The van der Waals surface area contributed by atoms with Gasteiger partial charge in [0.05, 0.1) is 13.2 Å². The van der Waals surface area contributed by atoms with Gasteiger partial charge in [0, 0.05) is 64.1 Å². The number of hydrogen-bond acceptors (Lipinski definition) is 6. The number of aliphatic imine (C=N–C) groups is 1. The number of nitrogens with zero attached hydrogens (tertiary/aromatic N) is 4. The number of fused-ring (bicyclic) bond motifs is 1. The normalized spacial score (nSPS) is 16.7. The van der Waals surface area contributed by atoms with Crippen molar-refractivity contribution in [3.05, 3.63) is 42.1 Å². The van der Waals surface area contributed by atoms with E-state index in [1.54, 1.807) is 7.05 Å². The maximum atomic E-state index is 5.78. The van der Waals surface area contributed by atoms with Crippen LogP contribution in [0.15, 0.2) is 41.5 Å². The molecule has 2 aromatic rings. The van der Waals surface area contributed by atoms with Gasteiger partial charge in [0.25, 0.3) is 0 Å². The summed E-state index contributed by atoms with van der Waals surface area (Å²) in [5.74, 6) is 3.29. The number of pyridine rings is 1. The first kappa shape index (κ1) is 24.4. The van der Waals surface area contributed by atoms with E-state index in [4.69, 9.17) is 9.47 Å². The van der Waals surface area contributed by atoms with Gasteiger partial charge in [-0.25, -0.2) is 4.98 Å². The lowest BCUT2D eigenvalue weighted by Crippen LogP contribution is -2.46. The Morgan fingerprint density at radius 2 is 1.84 bits per heavy atom. The molecular weight excluding hydrogens is 519 g/mol. The standard InChI is InChI=1S/C23H32N6O2.HI/c1-3-28-9-11-29(12-10-28)22-15-18(7-8-25-22)17-26-23(24-2)27-19-5-6-20-21(16-19)31-14-4-13-30-20;/h5-8,15-16H,3-4,9-14,17H2,1-2H3,(H2,24,26,27);1H. The molecule has 0 amide bonds. The van der Waals surface area contributed by atoms with E-state index in [0.717, 1.165) is 62.1 Å². The molecule has 1 saturated heterocycles. The first-order chi connectivity index (χ1) is 15.2. The van der Waals surface area contributed by atoms with E-state index in [-0.39, 0.29) is 24.0 Å². The molecule has 2 aliphatic heterocycles. The molecule has 0 aliphatic carbocycles. The Balaban J connectivity index is 0.00000289. The minimum atomic E-state index is 0. The number of likely N-dealkylation sites (N-methyl/N-ethyl adjacent to an activating group) is 1. The lowest BCUT2D eigenvalue weighted by molar-refractivity contribution is 0.270. The van der Waals surface area contributed by atoms with E-state index in [0.29, 0.717) is 25.7 Å². The molecule has 2 N–H and O–H groups in total. The summed E-state index contributed by atoms with van der Waals surface area (Å²) >= 11 is 0. The van der Waals surface area contributed by atoms with Crippen molar-refractivity contribution in [3.63, 3.8) is 0 Å². The maximum absolute atomic E-state index is 5.78. The number of benzene rings is 1. The molecule has 174 valence electrons. The Labute approximate surface area is 207 Å². The molecule has 0 bridgehead atoms. The Bertz CT molecular complexity index is 902. The summed E-state index contributed by atoms with van der Waals surface area (Å²) in [6.45, 7) is 9.56. The smallest absolute Gasteiger partial charge is 0.195 e. The van der Waals surface area contributed by atoms with Gasteiger partial charge in [0.2, 0.25) is 0 Å². The van der Waals surface area contributed by atoms with Crippen LogP contribution in [0.4, 0.5) is 11.5 Å². The van der Waals surface area contributed by atoms with Crippen LogP contribution in [0, 0.1) is 0 Å². The van der Waals surface area contributed by atoms with Gasteiger partial charge in [0.15, 0.2) is 17.5 Å². The van der Waals surface area contributed by atoms with Crippen LogP contribution in [0.3, 0.4) is 0 Å². The van der Waals surface area contributed by atoms with Crippen LogP contribution < -0.4 is 25.0 Å². The van der Waals surface area contributed by atoms with Crippen molar-refractivity contribution in [2.75, 3.05) is 63.2 Å². The Kier molecular flexibility index (Phi) is 9.22. The molecule has 0 unspecified atom stereocenters. The van der Waals surface area contributed by atoms with Gasteiger partial charge in [-0.2, -0.15) is 0 Å². The first-order valence-corrected chi connectivity index (χ1v) is 11.0. The van der Waals surface area contributed by atoms with Gasteiger partial charge in [-0.1, -0.05) is 6.92 Å². The summed E-state index contributed by atoms with van der Waals surface area (Å²) in [6, 6.07) is 10.1. The first-order valence-electron chi connectivity index (χ1n) is 11.0. The van der Waals surface area contributed by atoms with Crippen molar-refractivity contribution >= 4 is 41.4 Å². The number of piperazine rings is 1. The fraction of sp³-hybridized carbons (Fsp3) is 0.478. The number of anilines is 2. The average Bonchev–Trinajstić information content (AvgIpc) is 3.07. The van der Waals surface area contributed by atoms with E-state index in [1.165, 1.54) is 5.56 Å². The van der Waals surface area contributed by atoms with Crippen LogP contribution in [0.2, 0.25) is 0 Å². The maximum Gasteiger partial charge on any atom is 0.195 e. The van der Waals surface area contributed by atoms with Crippen LogP contribution in [0.1, 0.15) is 18.9 Å². The average molecular weight is 552 g/mol. The second-order valence-electron chi connectivity index (χ2n) is 7.71. The van der Waals surface area contributed by atoms with Gasteiger partial charge < -0.3 is 29.9 Å². The largest absolute Gasteiger partial charge is 0.490 e. The highest BCUT2D eigenvalue weighted by molar-refractivity contribution is 14.0. The van der Waals surface area contributed by atoms with Gasteiger partial charge in [-0.15, -0.1) is 24.0 Å². The van der Waals surface area contributed by atoms with Crippen molar-refractivity contribution < 1.29 is 9.47 Å². The number of aromatic nitrogens is 1. The van der Waals surface area contributed by atoms with Crippen molar-refractivity contribution in [2.45, 2.75) is 19.9 Å². The fourth-order valence-electron chi connectivity index (χ4n) is 3.78. The topological polar surface area (TPSA) is 74.2 Å². The third-order valence-electron chi connectivity index (χ3n) is 5.65. The fourth-order valence-corrected chi connectivity index (χ4v) is 3.78. The number of guanidine groups is 1. The Morgan fingerprint density at radius 1 is 1.06 bits per heavy atom. The number of rotatable bonds is 5. The summed E-state index contributed by atoms with van der Waals surface area (Å²) < 4.78 is 11.5. The van der Waals surface area contributed by atoms with Crippen LogP contribution >= 0.6 is 24.0 Å². The van der Waals surface area contributed by atoms with E-state index < -0.39 is 0 Å². The third-order valence-corrected chi connectivity index (χ3v) is 5.65. The number of hydrogen-bond donors (Lipinski definition) is 2. The third kappa shape index (κ3) is 6.38. The van der Waals surface area contributed by atoms with E-state index in [9.17, 15) is 0 Å². The van der Waals surface area contributed by atoms with Crippen molar-refractivity contribution in [1.82, 2.24) is 15.2 Å². The zero-order valence-electron chi connectivity index (χ0n) is 18.8. The van der Waals surface area contributed by atoms with E-state index in [2.05, 4.69) is 43.4 Å². The molecule has 9 heteroatoms. The second kappa shape index (κ2) is 12.1.